The third kappa shape index (κ3) is 8.81. The van der Waals surface area contributed by atoms with Gasteiger partial charge in [-0.05, 0) is 87.3 Å². The minimum Gasteiger partial charge on any atom is -0.391 e. The van der Waals surface area contributed by atoms with Crippen LogP contribution < -0.4 is 15.4 Å². The molecule has 2 aromatic carbocycles. The highest BCUT2D eigenvalue weighted by molar-refractivity contribution is 7.89. The van der Waals surface area contributed by atoms with Crippen LogP contribution in [0.25, 0.3) is 17.0 Å². The molecule has 0 spiro atoms. The average molecular weight is 681 g/mol. The molecule has 2 heterocycles. The van der Waals surface area contributed by atoms with Crippen LogP contribution in [-0.2, 0) is 19.6 Å². The molecule has 5 rings (SSSR count). The number of likely N-dealkylation sites (N-methyl/N-ethyl adjacent to an activating group) is 1. The predicted molar refractivity (Wildman–Crippen MR) is 179 cm³/mol. The van der Waals surface area contributed by atoms with Crippen molar-refractivity contribution in [1.82, 2.24) is 30.1 Å². The number of carbonyl (C=O) groups excluding carboxylic acids is 3. The molecule has 12 nitrogen and oxygen atoms in total. The molecule has 1 saturated heterocycles. The van der Waals surface area contributed by atoms with Gasteiger partial charge in [0.25, 0.3) is 5.91 Å². The van der Waals surface area contributed by atoms with Crippen LogP contribution in [0.1, 0.15) is 53.8 Å². The fourth-order valence-electron chi connectivity index (χ4n) is 5.56. The third-order valence-electron chi connectivity index (χ3n) is 8.40. The molecule has 1 saturated carbocycles. The highest BCUT2D eigenvalue weighted by Gasteiger charge is 2.39. The number of aliphatic hydroxyl groups is 1. The molecule has 0 radical (unpaired) electrons. The number of carbonyl (C=O) groups is 3. The van der Waals surface area contributed by atoms with Crippen molar-refractivity contribution in [2.24, 2.45) is 5.92 Å². The van der Waals surface area contributed by atoms with E-state index in [0.717, 1.165) is 18.4 Å². The molecule has 1 aliphatic heterocycles. The molecule has 0 bridgehead atoms. The van der Waals surface area contributed by atoms with Crippen molar-refractivity contribution >= 4 is 44.7 Å². The Bertz CT molecular complexity index is 1830. The van der Waals surface area contributed by atoms with Gasteiger partial charge in [0.15, 0.2) is 0 Å². The number of sulfonamides is 1. The molecule has 3 aromatic rings. The second-order valence-corrected chi connectivity index (χ2v) is 14.4. The summed E-state index contributed by atoms with van der Waals surface area (Å²) in [6.07, 6.45) is 5.25. The Hall–Kier alpha value is -4.24. The number of allylic oxidation sites excluding steroid dienone is 1. The summed E-state index contributed by atoms with van der Waals surface area (Å²) in [7, 11) is -0.123. The molecule has 3 amide bonds. The van der Waals surface area contributed by atoms with Crippen molar-refractivity contribution in [3.63, 3.8) is 0 Å². The van der Waals surface area contributed by atoms with Gasteiger partial charge in [0.05, 0.1) is 29.1 Å². The molecule has 256 valence electrons. The van der Waals surface area contributed by atoms with E-state index >= 15 is 0 Å². The first-order valence-corrected chi connectivity index (χ1v) is 17.4. The number of amides is 3. The minimum atomic E-state index is -3.82. The number of β-amino-alcohol motifs (C(OH)–C–C–N with tert-alkyl or cyclic N) is 1. The normalized spacial score (nSPS) is 18.8. The van der Waals surface area contributed by atoms with Crippen molar-refractivity contribution in [3.8, 4) is 0 Å². The maximum atomic E-state index is 13.6. The zero-order chi connectivity index (χ0) is 34.6. The molecule has 2 aliphatic rings. The number of halogens is 1. The van der Waals surface area contributed by atoms with E-state index in [2.05, 4.69) is 26.4 Å². The van der Waals surface area contributed by atoms with Crippen LogP contribution in [0.15, 0.2) is 59.5 Å². The molecule has 1 aliphatic carbocycles. The Morgan fingerprint density at radius 2 is 1.90 bits per heavy atom. The Balaban J connectivity index is 1.27. The van der Waals surface area contributed by atoms with Gasteiger partial charge in [-0.1, -0.05) is 24.3 Å². The lowest BCUT2D eigenvalue weighted by molar-refractivity contribution is -0.138. The number of rotatable bonds is 13. The molecule has 3 atom stereocenters. The van der Waals surface area contributed by atoms with Crippen LogP contribution in [0.5, 0.6) is 0 Å². The van der Waals surface area contributed by atoms with Gasteiger partial charge in [-0.3, -0.25) is 14.4 Å². The number of fused-ring (bicyclic) bond motifs is 1. The zero-order valence-electron chi connectivity index (χ0n) is 27.1. The van der Waals surface area contributed by atoms with Crippen LogP contribution >= 0.6 is 0 Å². The number of hydrogen-bond acceptors (Lipinski definition) is 8. The van der Waals surface area contributed by atoms with Crippen molar-refractivity contribution < 1.29 is 32.3 Å². The largest absolute Gasteiger partial charge is 0.391 e. The monoisotopic (exact) mass is 680 g/mol. The highest BCUT2D eigenvalue weighted by Crippen LogP contribution is 2.32. The van der Waals surface area contributed by atoms with Crippen LogP contribution in [0.2, 0.25) is 0 Å². The lowest BCUT2D eigenvalue weighted by Crippen LogP contribution is -2.49. The number of nitrogens with one attached hydrogen (secondary N) is 3. The van der Waals surface area contributed by atoms with Crippen molar-refractivity contribution in [1.29, 1.82) is 0 Å². The van der Waals surface area contributed by atoms with E-state index in [1.165, 1.54) is 35.2 Å². The number of aromatic nitrogens is 1. The van der Waals surface area contributed by atoms with Gasteiger partial charge < -0.3 is 25.5 Å². The topological polar surface area (TPSA) is 161 Å². The second-order valence-electron chi connectivity index (χ2n) is 12.6. The fraction of sp³-hybridized carbons (Fsp3) is 0.412. The number of nitrogens with zero attached hydrogens (tertiary/aromatic N) is 3. The summed E-state index contributed by atoms with van der Waals surface area (Å²) in [6.45, 7) is 1.96. The number of pyridine rings is 1. The van der Waals surface area contributed by atoms with Gasteiger partial charge >= 0.3 is 0 Å². The van der Waals surface area contributed by atoms with E-state index < -0.39 is 58.3 Å². The Kier molecular flexibility index (Phi) is 10.9. The third-order valence-corrected chi connectivity index (χ3v) is 9.86. The van der Waals surface area contributed by atoms with Gasteiger partial charge in [0.1, 0.15) is 17.6 Å². The summed E-state index contributed by atoms with van der Waals surface area (Å²) in [5, 5.41) is 16.4. The average Bonchev–Trinajstić information content (AvgIpc) is 3.79. The summed E-state index contributed by atoms with van der Waals surface area (Å²) in [5.41, 5.74) is 1.80. The van der Waals surface area contributed by atoms with Gasteiger partial charge in [-0.25, -0.2) is 22.5 Å². The summed E-state index contributed by atoms with van der Waals surface area (Å²) in [6, 6.07) is 10.1. The smallest absolute Gasteiger partial charge is 0.270 e. The Labute approximate surface area is 279 Å². The molecule has 14 heteroatoms. The first kappa shape index (κ1) is 35.1. The van der Waals surface area contributed by atoms with Gasteiger partial charge in [0, 0.05) is 31.4 Å². The summed E-state index contributed by atoms with van der Waals surface area (Å²) in [4.78, 5) is 47.0. The first-order valence-electron chi connectivity index (χ1n) is 15.9. The summed E-state index contributed by atoms with van der Waals surface area (Å²) >= 11 is 0. The highest BCUT2D eigenvalue weighted by atomic mass is 32.2. The van der Waals surface area contributed by atoms with E-state index in [-0.39, 0.29) is 30.1 Å². The number of hydrogen-bond donors (Lipinski definition) is 4. The van der Waals surface area contributed by atoms with Crippen molar-refractivity contribution in [2.45, 2.75) is 49.3 Å². The van der Waals surface area contributed by atoms with Gasteiger partial charge in [0.2, 0.25) is 21.8 Å². The molecule has 4 N–H and O–H groups in total. The quantitative estimate of drug-likeness (QED) is 0.214. The molecule has 0 unspecified atom stereocenters. The van der Waals surface area contributed by atoms with Gasteiger partial charge in [-0.15, -0.1) is 0 Å². The Morgan fingerprint density at radius 1 is 1.12 bits per heavy atom. The molecule has 2 fully saturated rings. The Morgan fingerprint density at radius 3 is 2.62 bits per heavy atom. The lowest BCUT2D eigenvalue weighted by atomic mass is 10.00. The van der Waals surface area contributed by atoms with Crippen LogP contribution in [0.3, 0.4) is 0 Å². The summed E-state index contributed by atoms with van der Waals surface area (Å²) in [5.74, 6) is -1.66. The first-order chi connectivity index (χ1) is 22.8. The van der Waals surface area contributed by atoms with E-state index in [4.69, 9.17) is 0 Å². The zero-order valence-corrected chi connectivity index (χ0v) is 28.0. The lowest BCUT2D eigenvalue weighted by Gasteiger charge is -2.26. The maximum absolute atomic E-state index is 13.6. The van der Waals surface area contributed by atoms with Crippen LogP contribution in [0, 0.1) is 11.7 Å². The molecule has 1 aromatic heterocycles. The van der Waals surface area contributed by atoms with E-state index in [1.54, 1.807) is 25.1 Å². The number of benzene rings is 2. The molecular weight excluding hydrogens is 639 g/mol. The fourth-order valence-corrected chi connectivity index (χ4v) is 6.61. The van der Waals surface area contributed by atoms with Crippen molar-refractivity contribution in [3.05, 3.63) is 77.2 Å². The SMILES string of the molecule is C[C@@H](NC(=O)[C@@H]1C[C@@H](O)CN1C(=O)CNC(=O)c1ccc2cc(F)ccc2n1)c1cc(S(=O)(=O)NCCN(C)C)ccc1/C=C/C1CC1. The number of likely N-dealkylation sites (tertiary alicyclic amines) is 1. The number of aliphatic hydroxyl groups excluding tert-OH is 1. The van der Waals surface area contributed by atoms with E-state index in [1.807, 2.05) is 25.1 Å². The summed E-state index contributed by atoms with van der Waals surface area (Å²) < 4.78 is 42.3. The van der Waals surface area contributed by atoms with Crippen LogP contribution in [0.4, 0.5) is 4.39 Å². The van der Waals surface area contributed by atoms with Crippen molar-refractivity contribution in [2.75, 3.05) is 40.3 Å². The molecule has 48 heavy (non-hydrogen) atoms. The van der Waals surface area contributed by atoms with E-state index in [9.17, 15) is 32.3 Å². The minimum absolute atomic E-state index is 0.000314. The maximum Gasteiger partial charge on any atom is 0.270 e. The molecular formula is C34H41FN6O6S. The second kappa shape index (κ2) is 14.9. The standard InChI is InChI=1S/C34H41FN6O6S/c1-21(28-18-27(48(46,47)37-14-15-40(2)3)11-8-23(28)7-6-22-4-5-22)38-34(45)31-17-26(42)20-41(31)32(43)19-36-33(44)30-12-9-24-16-25(35)10-13-29(24)39-30/h6-13,16,18,21-22,26,31,37,42H,4-5,14-15,17,19-20H2,1-3H3,(H,36,44)(H,38,45)/b7-6+/t21-,26-,31+/m1/s1. The van der Waals surface area contributed by atoms with Crippen LogP contribution in [-0.4, -0.2) is 98.4 Å². The van der Waals surface area contributed by atoms with E-state index in [0.29, 0.717) is 28.9 Å². The van der Waals surface area contributed by atoms with Gasteiger partial charge in [-0.2, -0.15) is 0 Å². The predicted octanol–water partition coefficient (Wildman–Crippen LogP) is 2.21.